The van der Waals surface area contributed by atoms with Crippen molar-refractivity contribution in [3.05, 3.63) is 54.1 Å². The molecule has 1 amide bonds. The van der Waals surface area contributed by atoms with Gasteiger partial charge < -0.3 is 15.4 Å². The van der Waals surface area contributed by atoms with E-state index in [1.807, 2.05) is 48.5 Å². The van der Waals surface area contributed by atoms with Gasteiger partial charge in [-0.1, -0.05) is 24.3 Å². The summed E-state index contributed by atoms with van der Waals surface area (Å²) in [5.41, 5.74) is 8.74. The standard InChI is InChI=1S/C17H18N2O2/c18-15-7-4-8-16-14(15)9-11-19(16)17(20)10-12-21-13-5-2-1-3-6-13/h1-8H,9-12,18H2. The van der Waals surface area contributed by atoms with Gasteiger partial charge in [0.1, 0.15) is 5.75 Å². The van der Waals surface area contributed by atoms with Crippen LogP contribution in [0.4, 0.5) is 11.4 Å². The maximum absolute atomic E-state index is 12.3. The largest absolute Gasteiger partial charge is 0.493 e. The summed E-state index contributed by atoms with van der Waals surface area (Å²) in [6, 6.07) is 15.3. The first-order valence-electron chi connectivity index (χ1n) is 7.11. The molecule has 3 rings (SSSR count). The number of hydrogen-bond acceptors (Lipinski definition) is 3. The minimum atomic E-state index is 0.0790. The van der Waals surface area contributed by atoms with Gasteiger partial charge in [0.2, 0.25) is 5.91 Å². The lowest BCUT2D eigenvalue weighted by atomic mass is 10.1. The van der Waals surface area contributed by atoms with Gasteiger partial charge in [-0.15, -0.1) is 0 Å². The van der Waals surface area contributed by atoms with Crippen molar-refractivity contribution in [3.63, 3.8) is 0 Å². The Labute approximate surface area is 124 Å². The van der Waals surface area contributed by atoms with Gasteiger partial charge >= 0.3 is 0 Å². The molecule has 0 aliphatic carbocycles. The first-order chi connectivity index (χ1) is 10.3. The highest BCUT2D eigenvalue weighted by Crippen LogP contribution is 2.32. The molecule has 0 atom stereocenters. The van der Waals surface area contributed by atoms with Gasteiger partial charge in [0.25, 0.3) is 0 Å². The van der Waals surface area contributed by atoms with Crippen LogP contribution in [0.1, 0.15) is 12.0 Å². The Kier molecular flexibility index (Phi) is 3.77. The van der Waals surface area contributed by atoms with Crippen LogP contribution in [-0.4, -0.2) is 19.1 Å². The molecular formula is C17H18N2O2. The van der Waals surface area contributed by atoms with Crippen LogP contribution in [-0.2, 0) is 11.2 Å². The normalized spacial score (nSPS) is 13.0. The van der Waals surface area contributed by atoms with E-state index in [-0.39, 0.29) is 5.91 Å². The highest BCUT2D eigenvalue weighted by Gasteiger charge is 2.25. The lowest BCUT2D eigenvalue weighted by Crippen LogP contribution is -2.30. The molecule has 4 nitrogen and oxygen atoms in total. The second-order valence-electron chi connectivity index (χ2n) is 5.05. The third-order valence-electron chi connectivity index (χ3n) is 3.69. The summed E-state index contributed by atoms with van der Waals surface area (Å²) in [6.45, 7) is 1.09. The smallest absolute Gasteiger partial charge is 0.230 e. The predicted octanol–water partition coefficient (Wildman–Crippen LogP) is 2.63. The Morgan fingerprint density at radius 2 is 1.95 bits per heavy atom. The summed E-state index contributed by atoms with van der Waals surface area (Å²) < 4.78 is 5.58. The van der Waals surface area contributed by atoms with E-state index in [0.29, 0.717) is 19.6 Å². The van der Waals surface area contributed by atoms with E-state index in [9.17, 15) is 4.79 Å². The van der Waals surface area contributed by atoms with Gasteiger partial charge in [-0.3, -0.25) is 4.79 Å². The van der Waals surface area contributed by atoms with Crippen molar-refractivity contribution in [1.29, 1.82) is 0 Å². The first kappa shape index (κ1) is 13.5. The van der Waals surface area contributed by atoms with Crippen molar-refractivity contribution in [1.82, 2.24) is 0 Å². The van der Waals surface area contributed by atoms with Crippen molar-refractivity contribution in [2.45, 2.75) is 12.8 Å². The zero-order chi connectivity index (χ0) is 14.7. The van der Waals surface area contributed by atoms with Crippen molar-refractivity contribution in [3.8, 4) is 5.75 Å². The van der Waals surface area contributed by atoms with Gasteiger partial charge in [-0.05, 0) is 30.7 Å². The zero-order valence-corrected chi connectivity index (χ0v) is 11.8. The molecule has 1 aliphatic heterocycles. The van der Waals surface area contributed by atoms with Crippen LogP contribution in [0, 0.1) is 0 Å². The van der Waals surface area contributed by atoms with Crippen LogP contribution in [0.2, 0.25) is 0 Å². The fraction of sp³-hybridized carbons (Fsp3) is 0.235. The fourth-order valence-electron chi connectivity index (χ4n) is 2.63. The summed E-state index contributed by atoms with van der Waals surface area (Å²) in [6.07, 6.45) is 1.19. The molecular weight excluding hydrogens is 264 g/mol. The monoisotopic (exact) mass is 282 g/mol. The Morgan fingerprint density at radius 1 is 1.14 bits per heavy atom. The van der Waals surface area contributed by atoms with Crippen LogP contribution >= 0.6 is 0 Å². The Bertz CT molecular complexity index is 640. The van der Waals surface area contributed by atoms with Crippen LogP contribution in [0.3, 0.4) is 0 Å². The molecule has 0 fully saturated rings. The highest BCUT2D eigenvalue weighted by molar-refractivity contribution is 5.96. The number of nitrogen functional groups attached to an aromatic ring is 1. The quantitative estimate of drug-likeness (QED) is 0.877. The van der Waals surface area contributed by atoms with E-state index in [2.05, 4.69) is 0 Å². The number of nitrogens with zero attached hydrogens (tertiary/aromatic N) is 1. The number of carbonyl (C=O) groups excluding carboxylic acids is 1. The summed E-state index contributed by atoms with van der Waals surface area (Å²) in [5, 5.41) is 0. The molecule has 1 aliphatic rings. The lowest BCUT2D eigenvalue weighted by molar-refractivity contribution is -0.119. The molecule has 0 spiro atoms. The van der Waals surface area contributed by atoms with E-state index >= 15 is 0 Å². The number of amides is 1. The number of para-hydroxylation sites is 1. The second kappa shape index (κ2) is 5.87. The Balaban J connectivity index is 1.59. The number of benzene rings is 2. The number of fused-ring (bicyclic) bond motifs is 1. The number of hydrogen-bond donors (Lipinski definition) is 1. The van der Waals surface area contributed by atoms with Gasteiger partial charge in [0.05, 0.1) is 13.0 Å². The predicted molar refractivity (Wildman–Crippen MR) is 83.5 cm³/mol. The molecule has 21 heavy (non-hydrogen) atoms. The average Bonchev–Trinajstić information content (AvgIpc) is 2.94. The Morgan fingerprint density at radius 3 is 2.76 bits per heavy atom. The lowest BCUT2D eigenvalue weighted by Gasteiger charge is -2.17. The molecule has 108 valence electrons. The van der Waals surface area contributed by atoms with Crippen molar-refractivity contribution in [2.24, 2.45) is 0 Å². The maximum Gasteiger partial charge on any atom is 0.230 e. The molecule has 0 aromatic heterocycles. The summed E-state index contributed by atoms with van der Waals surface area (Å²) in [4.78, 5) is 14.1. The number of anilines is 2. The van der Waals surface area contributed by atoms with E-state index in [1.165, 1.54) is 0 Å². The molecule has 0 saturated carbocycles. The van der Waals surface area contributed by atoms with E-state index in [0.717, 1.165) is 29.1 Å². The van der Waals surface area contributed by atoms with Crippen molar-refractivity contribution < 1.29 is 9.53 Å². The molecule has 0 saturated heterocycles. The van der Waals surface area contributed by atoms with E-state index in [4.69, 9.17) is 10.5 Å². The van der Waals surface area contributed by atoms with Gasteiger partial charge in [-0.2, -0.15) is 0 Å². The third kappa shape index (κ3) is 2.84. The van der Waals surface area contributed by atoms with Crippen LogP contribution < -0.4 is 15.4 Å². The number of ether oxygens (including phenoxy) is 1. The topological polar surface area (TPSA) is 55.6 Å². The van der Waals surface area contributed by atoms with Crippen LogP contribution in [0.15, 0.2) is 48.5 Å². The maximum atomic E-state index is 12.3. The molecule has 4 heteroatoms. The first-order valence-corrected chi connectivity index (χ1v) is 7.11. The molecule has 2 N–H and O–H groups in total. The van der Waals surface area contributed by atoms with Gasteiger partial charge in [-0.25, -0.2) is 0 Å². The second-order valence-corrected chi connectivity index (χ2v) is 5.05. The molecule has 1 heterocycles. The van der Waals surface area contributed by atoms with Gasteiger partial charge in [0.15, 0.2) is 0 Å². The molecule has 2 aromatic rings. The van der Waals surface area contributed by atoms with E-state index < -0.39 is 0 Å². The highest BCUT2D eigenvalue weighted by atomic mass is 16.5. The minimum absolute atomic E-state index is 0.0790. The number of rotatable bonds is 4. The molecule has 0 radical (unpaired) electrons. The summed E-state index contributed by atoms with van der Waals surface area (Å²) in [7, 11) is 0. The van der Waals surface area contributed by atoms with Crippen LogP contribution in [0.5, 0.6) is 5.75 Å². The third-order valence-corrected chi connectivity index (χ3v) is 3.69. The fourth-order valence-corrected chi connectivity index (χ4v) is 2.63. The minimum Gasteiger partial charge on any atom is -0.493 e. The SMILES string of the molecule is Nc1cccc2c1CCN2C(=O)CCOc1ccccc1. The number of carbonyl (C=O) groups is 1. The van der Waals surface area contributed by atoms with Crippen molar-refractivity contribution >= 4 is 17.3 Å². The summed E-state index contributed by atoms with van der Waals surface area (Å²) >= 11 is 0. The summed E-state index contributed by atoms with van der Waals surface area (Å²) in [5.74, 6) is 0.867. The molecule has 0 bridgehead atoms. The van der Waals surface area contributed by atoms with E-state index in [1.54, 1.807) is 4.90 Å². The average molecular weight is 282 g/mol. The van der Waals surface area contributed by atoms with Gasteiger partial charge in [0, 0.05) is 23.5 Å². The Hall–Kier alpha value is -2.49. The van der Waals surface area contributed by atoms with Crippen molar-refractivity contribution in [2.75, 3.05) is 23.8 Å². The zero-order valence-electron chi connectivity index (χ0n) is 11.8. The number of nitrogens with two attached hydrogens (primary N) is 1. The molecule has 0 unspecified atom stereocenters. The van der Waals surface area contributed by atoms with Crippen LogP contribution in [0.25, 0.3) is 0 Å². The molecule has 2 aromatic carbocycles.